The molecule has 0 fully saturated rings. The molecule has 2 heterocycles. The van der Waals surface area contributed by atoms with Crippen LogP contribution < -0.4 is 10.6 Å². The lowest BCUT2D eigenvalue weighted by Crippen LogP contribution is -2.15. The van der Waals surface area contributed by atoms with E-state index in [9.17, 15) is 13.6 Å². The molecule has 24 heavy (non-hydrogen) atoms. The molecule has 0 aliphatic rings. The second-order valence-electron chi connectivity index (χ2n) is 4.93. The number of benzene rings is 1. The summed E-state index contributed by atoms with van der Waals surface area (Å²) < 4.78 is 32.0. The topological polar surface area (TPSA) is 80.0 Å². The van der Waals surface area contributed by atoms with Crippen LogP contribution in [0.2, 0.25) is 0 Å². The Morgan fingerprint density at radius 1 is 1.17 bits per heavy atom. The van der Waals surface area contributed by atoms with Crippen LogP contribution in [0.1, 0.15) is 16.2 Å². The van der Waals surface area contributed by atoms with E-state index in [-0.39, 0.29) is 5.69 Å². The Bertz CT molecular complexity index is 858. The summed E-state index contributed by atoms with van der Waals surface area (Å²) in [6.07, 6.45) is 1.40. The zero-order valence-corrected chi connectivity index (χ0v) is 12.5. The van der Waals surface area contributed by atoms with E-state index < -0.39 is 23.2 Å². The van der Waals surface area contributed by atoms with Crippen molar-refractivity contribution in [3.8, 4) is 0 Å². The van der Waals surface area contributed by atoms with Gasteiger partial charge in [0.1, 0.15) is 28.8 Å². The van der Waals surface area contributed by atoms with Crippen LogP contribution in [-0.4, -0.2) is 16.0 Å². The van der Waals surface area contributed by atoms with Crippen LogP contribution in [0, 0.1) is 18.6 Å². The summed E-state index contributed by atoms with van der Waals surface area (Å²) in [7, 11) is 0. The largest absolute Gasteiger partial charge is 0.360 e. The van der Waals surface area contributed by atoms with E-state index in [2.05, 4.69) is 20.8 Å². The molecule has 3 aromatic rings. The molecule has 2 aromatic heterocycles. The van der Waals surface area contributed by atoms with Gasteiger partial charge in [-0.05, 0) is 31.2 Å². The lowest BCUT2D eigenvalue weighted by atomic mass is 10.2. The maximum absolute atomic E-state index is 13.5. The molecule has 0 saturated carbocycles. The Morgan fingerprint density at radius 3 is 2.50 bits per heavy atom. The van der Waals surface area contributed by atoms with Crippen molar-refractivity contribution in [3.63, 3.8) is 0 Å². The van der Waals surface area contributed by atoms with Crippen molar-refractivity contribution >= 4 is 23.1 Å². The van der Waals surface area contributed by atoms with Crippen molar-refractivity contribution in [3.05, 3.63) is 65.7 Å². The van der Waals surface area contributed by atoms with E-state index in [1.807, 2.05) is 0 Å². The lowest BCUT2D eigenvalue weighted by Gasteiger charge is -2.07. The summed E-state index contributed by atoms with van der Waals surface area (Å²) in [5.41, 5.74) is 0.0843. The highest BCUT2D eigenvalue weighted by Gasteiger charge is 2.14. The summed E-state index contributed by atoms with van der Waals surface area (Å²) in [6, 6.07) is 8.03. The van der Waals surface area contributed by atoms with Gasteiger partial charge >= 0.3 is 0 Å². The fraction of sp³-hybridized carbons (Fsp3) is 0.0625. The quantitative estimate of drug-likeness (QED) is 0.763. The number of hydrogen-bond acceptors (Lipinski definition) is 5. The average Bonchev–Trinajstić information content (AvgIpc) is 2.96. The molecule has 0 radical (unpaired) electrons. The number of carbonyl (C=O) groups excluding carboxylic acids is 1. The minimum Gasteiger partial charge on any atom is -0.360 e. The number of nitrogens with one attached hydrogen (secondary N) is 2. The van der Waals surface area contributed by atoms with Crippen molar-refractivity contribution in [2.75, 3.05) is 10.6 Å². The SMILES string of the molecule is Cc1cc(Nc2ccc(C(=O)Nc3c(F)cccc3F)nc2)no1. The Morgan fingerprint density at radius 2 is 1.92 bits per heavy atom. The minimum atomic E-state index is -0.858. The van der Waals surface area contributed by atoms with Gasteiger partial charge in [0.15, 0.2) is 5.82 Å². The molecule has 0 aliphatic heterocycles. The van der Waals surface area contributed by atoms with Gasteiger partial charge in [-0.3, -0.25) is 4.79 Å². The molecule has 0 atom stereocenters. The number of carbonyl (C=O) groups is 1. The Balaban J connectivity index is 1.72. The lowest BCUT2D eigenvalue weighted by molar-refractivity contribution is 0.102. The highest BCUT2D eigenvalue weighted by Crippen LogP contribution is 2.19. The van der Waals surface area contributed by atoms with E-state index in [1.165, 1.54) is 18.3 Å². The number of anilines is 3. The van der Waals surface area contributed by atoms with E-state index in [1.54, 1.807) is 19.1 Å². The molecule has 6 nitrogen and oxygen atoms in total. The van der Waals surface area contributed by atoms with E-state index in [0.29, 0.717) is 17.3 Å². The molecule has 0 unspecified atom stereocenters. The van der Waals surface area contributed by atoms with E-state index in [0.717, 1.165) is 12.1 Å². The fourth-order valence-corrected chi connectivity index (χ4v) is 1.97. The number of aryl methyl sites for hydroxylation is 1. The third-order valence-corrected chi connectivity index (χ3v) is 3.10. The molecular weight excluding hydrogens is 318 g/mol. The number of aromatic nitrogens is 2. The first-order valence-electron chi connectivity index (χ1n) is 6.94. The summed E-state index contributed by atoms with van der Waals surface area (Å²) in [4.78, 5) is 16.0. The zero-order valence-electron chi connectivity index (χ0n) is 12.5. The standard InChI is InChI=1S/C16H12F2N4O2/c1-9-7-14(22-24-9)20-10-5-6-13(19-8-10)16(23)21-15-11(17)3-2-4-12(15)18/h2-8H,1H3,(H,20,22)(H,21,23). The third kappa shape index (κ3) is 3.37. The average molecular weight is 330 g/mol. The van der Waals surface area contributed by atoms with Crippen molar-refractivity contribution in [1.82, 2.24) is 10.1 Å². The summed E-state index contributed by atoms with van der Waals surface area (Å²) in [5, 5.41) is 8.88. The second-order valence-corrected chi connectivity index (χ2v) is 4.93. The van der Waals surface area contributed by atoms with E-state index >= 15 is 0 Å². The van der Waals surface area contributed by atoms with Crippen LogP contribution >= 0.6 is 0 Å². The normalized spacial score (nSPS) is 10.5. The van der Waals surface area contributed by atoms with Gasteiger partial charge in [-0.25, -0.2) is 13.8 Å². The van der Waals surface area contributed by atoms with Crippen molar-refractivity contribution in [2.24, 2.45) is 0 Å². The monoisotopic (exact) mass is 330 g/mol. The van der Waals surface area contributed by atoms with Gasteiger partial charge in [0.25, 0.3) is 5.91 Å². The van der Waals surface area contributed by atoms with Gasteiger partial charge in [0.05, 0.1) is 11.9 Å². The number of nitrogens with zero attached hydrogens (tertiary/aromatic N) is 2. The molecule has 3 rings (SSSR count). The summed E-state index contributed by atoms with van der Waals surface area (Å²) in [5.74, 6) is -1.29. The molecule has 122 valence electrons. The predicted molar refractivity (Wildman–Crippen MR) is 83.1 cm³/mol. The number of halogens is 2. The van der Waals surface area contributed by atoms with Crippen molar-refractivity contribution in [1.29, 1.82) is 0 Å². The molecule has 1 amide bonds. The van der Waals surface area contributed by atoms with Crippen LogP contribution in [0.3, 0.4) is 0 Å². The molecule has 0 saturated heterocycles. The smallest absolute Gasteiger partial charge is 0.274 e. The molecule has 0 aliphatic carbocycles. The Hall–Kier alpha value is -3.29. The van der Waals surface area contributed by atoms with Gasteiger partial charge in [0.2, 0.25) is 0 Å². The van der Waals surface area contributed by atoms with Crippen LogP contribution in [0.5, 0.6) is 0 Å². The van der Waals surface area contributed by atoms with Gasteiger partial charge in [-0.15, -0.1) is 0 Å². The first-order valence-corrected chi connectivity index (χ1v) is 6.94. The van der Waals surface area contributed by atoms with Crippen molar-refractivity contribution < 1.29 is 18.1 Å². The minimum absolute atomic E-state index is 0.0135. The summed E-state index contributed by atoms with van der Waals surface area (Å²) >= 11 is 0. The Kier molecular flexibility index (Phi) is 4.19. The maximum atomic E-state index is 13.5. The Labute approximate surface area is 135 Å². The fourth-order valence-electron chi connectivity index (χ4n) is 1.97. The first kappa shape index (κ1) is 15.6. The van der Waals surface area contributed by atoms with Crippen molar-refractivity contribution in [2.45, 2.75) is 6.92 Å². The summed E-state index contributed by atoms with van der Waals surface area (Å²) in [6.45, 7) is 1.76. The van der Waals surface area contributed by atoms with E-state index in [4.69, 9.17) is 4.52 Å². The number of pyridine rings is 1. The number of rotatable bonds is 4. The number of amides is 1. The third-order valence-electron chi connectivity index (χ3n) is 3.10. The van der Waals surface area contributed by atoms with Crippen LogP contribution in [0.15, 0.2) is 47.1 Å². The first-order chi connectivity index (χ1) is 11.5. The highest BCUT2D eigenvalue weighted by molar-refractivity contribution is 6.03. The molecule has 0 spiro atoms. The van der Waals surface area contributed by atoms with Crippen LogP contribution in [0.4, 0.5) is 26.0 Å². The van der Waals surface area contributed by atoms with Gasteiger partial charge in [-0.1, -0.05) is 11.2 Å². The number of hydrogen-bond donors (Lipinski definition) is 2. The van der Waals surface area contributed by atoms with Gasteiger partial charge < -0.3 is 15.2 Å². The predicted octanol–water partition coefficient (Wildman–Crippen LogP) is 3.65. The van der Waals surface area contributed by atoms with Crippen LogP contribution in [0.25, 0.3) is 0 Å². The molecular formula is C16H12F2N4O2. The molecule has 2 N–H and O–H groups in total. The zero-order chi connectivity index (χ0) is 17.1. The highest BCUT2D eigenvalue weighted by atomic mass is 19.1. The molecule has 0 bridgehead atoms. The van der Waals surface area contributed by atoms with Crippen LogP contribution in [-0.2, 0) is 0 Å². The van der Waals surface area contributed by atoms with Gasteiger partial charge in [0, 0.05) is 6.07 Å². The van der Waals surface area contributed by atoms with Gasteiger partial charge in [-0.2, -0.15) is 0 Å². The molecule has 8 heteroatoms. The maximum Gasteiger partial charge on any atom is 0.274 e. The molecule has 1 aromatic carbocycles. The number of para-hydroxylation sites is 1. The second kappa shape index (κ2) is 6.45.